The lowest BCUT2D eigenvalue weighted by Gasteiger charge is -2.38. The Bertz CT molecular complexity index is 1360. The second-order valence-electron chi connectivity index (χ2n) is 14.0. The zero-order valence-corrected chi connectivity index (χ0v) is 29.7. The van der Waals surface area contributed by atoms with E-state index in [2.05, 4.69) is 44.2 Å². The molecule has 4 atom stereocenters. The second-order valence-corrected chi connectivity index (χ2v) is 19.6. The molecule has 0 bridgehead atoms. The van der Waals surface area contributed by atoms with Crippen LogP contribution in [0.5, 0.6) is 0 Å². The van der Waals surface area contributed by atoms with Crippen molar-refractivity contribution in [3.63, 3.8) is 0 Å². The summed E-state index contributed by atoms with van der Waals surface area (Å²) in [5.74, 6) is -3.33. The number of aliphatic hydroxyl groups is 1. The number of thiazole rings is 1. The minimum absolute atomic E-state index is 0.00411. The van der Waals surface area contributed by atoms with Gasteiger partial charge in [0.25, 0.3) is 0 Å². The first-order valence-electron chi connectivity index (χ1n) is 14.9. The Kier molecular flexibility index (Phi) is 12.8. The van der Waals surface area contributed by atoms with Crippen molar-refractivity contribution in [1.29, 1.82) is 0 Å². The van der Waals surface area contributed by atoms with Gasteiger partial charge in [-0.15, -0.1) is 11.3 Å². The summed E-state index contributed by atoms with van der Waals surface area (Å²) in [6.07, 6.45) is -4.95. The number of nitrogens with one attached hydrogen (secondary N) is 1. The maximum Gasteiger partial charge on any atom is 0.490 e. The molecule has 1 aliphatic rings. The van der Waals surface area contributed by atoms with Crippen LogP contribution in [0.3, 0.4) is 0 Å². The minimum Gasteiger partial charge on any atom is -0.475 e. The lowest BCUT2D eigenvalue weighted by atomic mass is 9.86. The van der Waals surface area contributed by atoms with Crippen LogP contribution >= 0.6 is 11.3 Å². The summed E-state index contributed by atoms with van der Waals surface area (Å²) in [7, 11) is -2.13. The molecular weight excluding hydrogens is 642 g/mol. The Labute approximate surface area is 273 Å². The van der Waals surface area contributed by atoms with Crippen LogP contribution in [0.2, 0.25) is 18.1 Å². The van der Waals surface area contributed by atoms with Gasteiger partial charge in [0.05, 0.1) is 40.9 Å². The van der Waals surface area contributed by atoms with Crippen LogP contribution < -0.4 is 11.1 Å². The predicted molar refractivity (Wildman–Crippen MR) is 174 cm³/mol. The average Bonchev–Trinajstić information content (AvgIpc) is 3.55. The molecule has 1 aromatic carbocycles. The first-order chi connectivity index (χ1) is 20.9. The molecule has 258 valence electrons. The van der Waals surface area contributed by atoms with Gasteiger partial charge in [-0.1, -0.05) is 65.8 Å². The van der Waals surface area contributed by atoms with Gasteiger partial charge in [-0.25, -0.2) is 9.78 Å². The highest BCUT2D eigenvalue weighted by Gasteiger charge is 2.47. The summed E-state index contributed by atoms with van der Waals surface area (Å²) in [4.78, 5) is 43.1. The van der Waals surface area contributed by atoms with Crippen molar-refractivity contribution in [2.45, 2.75) is 103 Å². The largest absolute Gasteiger partial charge is 0.490 e. The molecule has 0 radical (unpaired) electrons. The Hall–Kier alpha value is -2.85. The molecule has 15 heteroatoms. The first kappa shape index (κ1) is 39.3. The summed E-state index contributed by atoms with van der Waals surface area (Å²) in [6, 6.07) is 5.67. The van der Waals surface area contributed by atoms with Crippen molar-refractivity contribution in [1.82, 2.24) is 15.2 Å². The van der Waals surface area contributed by atoms with Gasteiger partial charge in [0, 0.05) is 13.0 Å². The van der Waals surface area contributed by atoms with Crippen LogP contribution in [0.15, 0.2) is 29.8 Å². The van der Waals surface area contributed by atoms with E-state index in [0.29, 0.717) is 13.0 Å². The van der Waals surface area contributed by atoms with E-state index in [1.54, 1.807) is 16.2 Å². The number of likely N-dealkylation sites (tertiary alicyclic amines) is 1. The van der Waals surface area contributed by atoms with Crippen molar-refractivity contribution < 1.29 is 42.2 Å². The number of carboxylic acids is 1. The second kappa shape index (κ2) is 14.9. The fourth-order valence-electron chi connectivity index (χ4n) is 4.47. The number of nitrogens with two attached hydrogens (primary N) is 1. The van der Waals surface area contributed by atoms with Crippen molar-refractivity contribution in [2.75, 3.05) is 13.2 Å². The fourth-order valence-corrected chi connectivity index (χ4v) is 6.63. The van der Waals surface area contributed by atoms with Crippen LogP contribution in [0.1, 0.15) is 65.3 Å². The van der Waals surface area contributed by atoms with Crippen LogP contribution in [0, 0.1) is 12.3 Å². The maximum absolute atomic E-state index is 13.7. The molecule has 5 N–H and O–H groups in total. The fraction of sp³-hybridized carbons (Fsp3) is 0.613. The molecule has 0 aliphatic carbocycles. The standard InChI is InChI=1S/C29H46N4O4SSi.C2HF3O2/c1-18-24(38-17-31-18)20-12-10-19(11-13-20)22(16-34)32-26(35)23-14-21(37-39(8,9)29(5,6)7)15-33(23)27(36)25(30)28(2,3)4;3-2(4,5)1(6)7/h10-13,17,21-23,25,34H,14-16,30H2,1-9H3,(H,32,35);(H,6,7)/t21-,22+,23+,25-;/m1./s1. The third-order valence-corrected chi connectivity index (χ3v) is 13.9. The number of nitrogens with zero attached hydrogens (tertiary/aromatic N) is 2. The Balaban J connectivity index is 0.000000942. The molecule has 0 spiro atoms. The zero-order valence-electron chi connectivity index (χ0n) is 27.9. The van der Waals surface area contributed by atoms with E-state index in [-0.39, 0.29) is 29.6 Å². The highest BCUT2D eigenvalue weighted by Crippen LogP contribution is 2.39. The topological polar surface area (TPSA) is 155 Å². The van der Waals surface area contributed by atoms with Gasteiger partial charge in [-0.3, -0.25) is 9.59 Å². The number of alkyl halides is 3. The SMILES string of the molecule is Cc1ncsc1-c1ccc([C@H](CO)NC(=O)[C@@H]2C[C@@H](O[Si](C)(C)C(C)(C)C)CN2C(=O)[C@@H](N)C(C)(C)C)cc1.O=C(O)C(F)(F)F. The molecule has 3 rings (SSSR count). The van der Waals surface area contributed by atoms with Crippen LogP contribution in [-0.4, -0.2) is 83.7 Å². The van der Waals surface area contributed by atoms with E-state index in [1.807, 2.05) is 57.5 Å². The van der Waals surface area contributed by atoms with E-state index in [0.717, 1.165) is 21.7 Å². The first-order valence-corrected chi connectivity index (χ1v) is 18.6. The van der Waals surface area contributed by atoms with Crippen LogP contribution in [0.25, 0.3) is 10.4 Å². The Morgan fingerprint density at radius 3 is 2.09 bits per heavy atom. The molecule has 1 aromatic heterocycles. The number of carbonyl (C=O) groups is 3. The summed E-state index contributed by atoms with van der Waals surface area (Å²) < 4.78 is 38.4. The molecular formula is C31H47F3N4O6SSi. The average molecular weight is 689 g/mol. The number of hydrogen-bond acceptors (Lipinski definition) is 8. The number of aliphatic hydroxyl groups excluding tert-OH is 1. The summed E-state index contributed by atoms with van der Waals surface area (Å²) in [5.41, 5.74) is 10.5. The van der Waals surface area contributed by atoms with Gasteiger partial charge in [-0.05, 0) is 41.6 Å². The van der Waals surface area contributed by atoms with Gasteiger partial charge < -0.3 is 30.6 Å². The number of rotatable bonds is 8. The molecule has 1 fully saturated rings. The van der Waals surface area contributed by atoms with Crippen LogP contribution in [0.4, 0.5) is 13.2 Å². The summed E-state index contributed by atoms with van der Waals surface area (Å²) in [6.45, 7) is 18.6. The Morgan fingerprint density at radius 1 is 1.13 bits per heavy atom. The lowest BCUT2D eigenvalue weighted by Crippen LogP contribution is -2.55. The van der Waals surface area contributed by atoms with E-state index in [1.165, 1.54) is 0 Å². The molecule has 46 heavy (non-hydrogen) atoms. The summed E-state index contributed by atoms with van der Waals surface area (Å²) in [5, 5.41) is 20.3. The van der Waals surface area contributed by atoms with E-state index in [4.69, 9.17) is 20.1 Å². The number of aryl methyl sites for hydroxylation is 1. The van der Waals surface area contributed by atoms with Crippen LogP contribution in [-0.2, 0) is 18.8 Å². The van der Waals surface area contributed by atoms with E-state index < -0.39 is 44.0 Å². The van der Waals surface area contributed by atoms with E-state index in [9.17, 15) is 27.9 Å². The van der Waals surface area contributed by atoms with Gasteiger partial charge in [-0.2, -0.15) is 13.2 Å². The highest BCUT2D eigenvalue weighted by molar-refractivity contribution is 7.13. The van der Waals surface area contributed by atoms with Crippen molar-refractivity contribution in [3.8, 4) is 10.4 Å². The molecule has 2 aromatic rings. The quantitative estimate of drug-likeness (QED) is 0.274. The molecule has 1 saturated heterocycles. The van der Waals surface area contributed by atoms with Crippen molar-refractivity contribution in [3.05, 3.63) is 41.0 Å². The Morgan fingerprint density at radius 2 is 1.67 bits per heavy atom. The minimum atomic E-state index is -5.08. The van der Waals surface area contributed by atoms with Gasteiger partial charge in [0.15, 0.2) is 8.32 Å². The number of carbonyl (C=O) groups excluding carboxylic acids is 2. The molecule has 2 heterocycles. The smallest absolute Gasteiger partial charge is 0.475 e. The van der Waals surface area contributed by atoms with Gasteiger partial charge >= 0.3 is 12.1 Å². The lowest BCUT2D eigenvalue weighted by molar-refractivity contribution is -0.192. The molecule has 10 nitrogen and oxygen atoms in total. The van der Waals surface area contributed by atoms with E-state index >= 15 is 0 Å². The monoisotopic (exact) mass is 688 g/mol. The van der Waals surface area contributed by atoms with Gasteiger partial charge in [0.2, 0.25) is 11.8 Å². The van der Waals surface area contributed by atoms with Crippen molar-refractivity contribution >= 4 is 37.4 Å². The number of carboxylic acid groups (broad SMARTS) is 1. The third-order valence-electron chi connectivity index (χ3n) is 8.38. The third kappa shape index (κ3) is 10.1. The molecule has 0 saturated carbocycles. The normalized spacial score (nSPS) is 18.8. The summed E-state index contributed by atoms with van der Waals surface area (Å²) >= 11 is 1.58. The molecule has 2 amide bonds. The predicted octanol–water partition coefficient (Wildman–Crippen LogP) is 5.27. The number of aliphatic carboxylic acids is 1. The van der Waals surface area contributed by atoms with Crippen molar-refractivity contribution in [2.24, 2.45) is 11.1 Å². The molecule has 0 unspecified atom stereocenters. The zero-order chi connectivity index (χ0) is 35.4. The maximum atomic E-state index is 13.7. The molecule has 1 aliphatic heterocycles. The number of hydrogen-bond donors (Lipinski definition) is 4. The number of halogens is 3. The highest BCUT2D eigenvalue weighted by atomic mass is 32.1. The number of amides is 2. The number of benzene rings is 1. The number of aromatic nitrogens is 1. The van der Waals surface area contributed by atoms with Gasteiger partial charge in [0.1, 0.15) is 6.04 Å².